The molecule has 1 aromatic heterocycles. The molecule has 0 bridgehead atoms. The van der Waals surface area contributed by atoms with E-state index >= 15 is 0 Å². The summed E-state index contributed by atoms with van der Waals surface area (Å²) in [5, 5.41) is 2.72. The maximum Gasteiger partial charge on any atom is 0.0830 e. The van der Waals surface area contributed by atoms with Crippen LogP contribution in [0.2, 0.25) is 0 Å². The van der Waals surface area contributed by atoms with Crippen LogP contribution in [0.5, 0.6) is 0 Å². The minimum Gasteiger partial charge on any atom is -0.328 e. The Hall–Kier alpha value is -1.03. The van der Waals surface area contributed by atoms with Gasteiger partial charge in [-0.1, -0.05) is 52.4 Å². The van der Waals surface area contributed by atoms with Gasteiger partial charge in [-0.15, -0.1) is 0 Å². The lowest BCUT2D eigenvalue weighted by Crippen LogP contribution is -1.96. The summed E-state index contributed by atoms with van der Waals surface area (Å²) in [6.07, 6.45) is 0. The van der Waals surface area contributed by atoms with E-state index in [-0.39, 0.29) is 0 Å². The lowest BCUT2D eigenvalue weighted by molar-refractivity contribution is 0.834. The number of hydrogen-bond acceptors (Lipinski definition) is 0. The number of para-hydroxylation sites is 1. The van der Waals surface area contributed by atoms with Crippen LogP contribution in [0.1, 0.15) is 16.5 Å². The fourth-order valence-electron chi connectivity index (χ4n) is 2.50. The molecule has 17 heavy (non-hydrogen) atoms. The number of hydrogen-bond donors (Lipinski definition) is 0. The second-order valence-electron chi connectivity index (χ2n) is 4.48. The predicted octanol–water partition coefficient (Wildman–Crippen LogP) is 5.06. The van der Waals surface area contributed by atoms with E-state index in [1.54, 1.807) is 0 Å². The van der Waals surface area contributed by atoms with Gasteiger partial charge in [0.05, 0.1) is 15.1 Å². The number of aromatic nitrogens is 1. The SMILES string of the molecule is Cc1ccc2c(c1)c1ccccc1n2C(C)I. The molecule has 0 radical (unpaired) electrons. The summed E-state index contributed by atoms with van der Waals surface area (Å²) in [6.45, 7) is 4.38. The molecular weight excluding hydrogens is 321 g/mol. The Balaban J connectivity index is 2.57. The van der Waals surface area contributed by atoms with Crippen LogP contribution in [0.4, 0.5) is 0 Å². The molecule has 1 atom stereocenters. The fourth-order valence-corrected chi connectivity index (χ4v) is 3.10. The number of rotatable bonds is 1. The monoisotopic (exact) mass is 335 g/mol. The van der Waals surface area contributed by atoms with Crippen molar-refractivity contribution in [3.05, 3.63) is 48.0 Å². The van der Waals surface area contributed by atoms with Crippen molar-refractivity contribution in [2.45, 2.75) is 17.9 Å². The molecule has 0 spiro atoms. The predicted molar refractivity (Wildman–Crippen MR) is 82.9 cm³/mol. The summed E-state index contributed by atoms with van der Waals surface area (Å²) < 4.78 is 2.86. The van der Waals surface area contributed by atoms with Crippen LogP contribution in [0.25, 0.3) is 21.8 Å². The third-order valence-corrected chi connectivity index (χ3v) is 3.78. The Labute approximate surface area is 115 Å². The van der Waals surface area contributed by atoms with E-state index < -0.39 is 0 Å². The molecular formula is C15H14IN. The van der Waals surface area contributed by atoms with E-state index in [0.717, 1.165) is 0 Å². The first-order valence-corrected chi connectivity index (χ1v) is 7.06. The van der Waals surface area contributed by atoms with Crippen molar-refractivity contribution in [2.75, 3.05) is 0 Å². The topological polar surface area (TPSA) is 4.93 Å². The minimum atomic E-state index is 0.456. The van der Waals surface area contributed by atoms with Gasteiger partial charge in [-0.05, 0) is 32.0 Å². The normalized spacial score (nSPS) is 13.4. The molecule has 2 aromatic carbocycles. The number of nitrogens with zero attached hydrogens (tertiary/aromatic N) is 1. The zero-order chi connectivity index (χ0) is 12.0. The van der Waals surface area contributed by atoms with Crippen molar-refractivity contribution in [3.8, 4) is 0 Å². The number of benzene rings is 2. The van der Waals surface area contributed by atoms with Gasteiger partial charge in [0, 0.05) is 10.8 Å². The summed E-state index contributed by atoms with van der Waals surface area (Å²) in [6, 6.07) is 15.4. The van der Waals surface area contributed by atoms with Gasteiger partial charge in [-0.25, -0.2) is 0 Å². The summed E-state index contributed by atoms with van der Waals surface area (Å²) in [4.78, 5) is 0. The molecule has 1 heterocycles. The molecule has 2 heteroatoms. The average Bonchev–Trinajstić information content (AvgIpc) is 2.63. The smallest absolute Gasteiger partial charge is 0.0830 e. The third-order valence-electron chi connectivity index (χ3n) is 3.22. The zero-order valence-corrected chi connectivity index (χ0v) is 12.1. The van der Waals surface area contributed by atoms with E-state index in [4.69, 9.17) is 0 Å². The molecule has 0 N–H and O–H groups in total. The molecule has 0 aliphatic rings. The van der Waals surface area contributed by atoms with Gasteiger partial charge in [0.25, 0.3) is 0 Å². The Bertz CT molecular complexity index is 695. The first kappa shape index (κ1) is 11.1. The maximum absolute atomic E-state index is 2.47. The van der Waals surface area contributed by atoms with Crippen molar-refractivity contribution < 1.29 is 0 Å². The van der Waals surface area contributed by atoms with Gasteiger partial charge in [-0.3, -0.25) is 0 Å². The first-order valence-electron chi connectivity index (χ1n) is 5.82. The largest absolute Gasteiger partial charge is 0.328 e. The van der Waals surface area contributed by atoms with E-state index in [1.807, 2.05) is 0 Å². The first-order chi connectivity index (χ1) is 8.18. The molecule has 0 amide bonds. The van der Waals surface area contributed by atoms with E-state index in [1.165, 1.54) is 27.4 Å². The van der Waals surface area contributed by atoms with Gasteiger partial charge >= 0.3 is 0 Å². The molecule has 86 valence electrons. The van der Waals surface area contributed by atoms with Gasteiger partial charge in [0.15, 0.2) is 0 Å². The molecule has 0 fully saturated rings. The van der Waals surface area contributed by atoms with Crippen molar-refractivity contribution in [2.24, 2.45) is 0 Å². The number of aryl methyl sites for hydroxylation is 1. The number of halogens is 1. The minimum absolute atomic E-state index is 0.456. The molecule has 1 unspecified atom stereocenters. The molecule has 0 saturated heterocycles. The van der Waals surface area contributed by atoms with E-state index in [2.05, 4.69) is 83.5 Å². The Kier molecular flexibility index (Phi) is 2.62. The average molecular weight is 335 g/mol. The maximum atomic E-state index is 2.47. The molecule has 3 rings (SSSR count). The van der Waals surface area contributed by atoms with Crippen LogP contribution in [-0.2, 0) is 0 Å². The second kappa shape index (κ2) is 4.02. The van der Waals surface area contributed by atoms with Crippen molar-refractivity contribution in [1.29, 1.82) is 0 Å². The molecule has 3 aromatic rings. The Morgan fingerprint density at radius 1 is 1.00 bits per heavy atom. The van der Waals surface area contributed by atoms with Crippen LogP contribution in [0.15, 0.2) is 42.5 Å². The van der Waals surface area contributed by atoms with Gasteiger partial charge in [-0.2, -0.15) is 0 Å². The van der Waals surface area contributed by atoms with Crippen molar-refractivity contribution in [3.63, 3.8) is 0 Å². The highest BCUT2D eigenvalue weighted by atomic mass is 127. The standard InChI is InChI=1S/C15H14IN/c1-10-7-8-15-13(9-10)12-5-3-4-6-14(12)17(15)11(2)16/h3-9,11H,1-2H3. The second-order valence-corrected chi connectivity index (χ2v) is 6.28. The van der Waals surface area contributed by atoms with Crippen LogP contribution in [0, 0.1) is 6.92 Å². The van der Waals surface area contributed by atoms with Gasteiger partial charge in [0.1, 0.15) is 0 Å². The van der Waals surface area contributed by atoms with E-state index in [0.29, 0.717) is 4.05 Å². The molecule has 1 nitrogen and oxygen atoms in total. The Morgan fingerprint density at radius 3 is 2.47 bits per heavy atom. The summed E-state index contributed by atoms with van der Waals surface area (Å²) in [5.41, 5.74) is 3.98. The molecule has 0 saturated carbocycles. The molecule has 0 aliphatic heterocycles. The van der Waals surface area contributed by atoms with Crippen molar-refractivity contribution >= 4 is 44.4 Å². The summed E-state index contributed by atoms with van der Waals surface area (Å²) in [5.74, 6) is 0. The van der Waals surface area contributed by atoms with Gasteiger partial charge < -0.3 is 4.57 Å². The summed E-state index contributed by atoms with van der Waals surface area (Å²) in [7, 11) is 0. The van der Waals surface area contributed by atoms with Crippen LogP contribution >= 0.6 is 22.6 Å². The molecule has 0 aliphatic carbocycles. The Morgan fingerprint density at radius 2 is 1.71 bits per heavy atom. The number of fused-ring (bicyclic) bond motifs is 3. The lowest BCUT2D eigenvalue weighted by atomic mass is 10.1. The van der Waals surface area contributed by atoms with Crippen LogP contribution < -0.4 is 0 Å². The van der Waals surface area contributed by atoms with Crippen molar-refractivity contribution in [1.82, 2.24) is 4.57 Å². The highest BCUT2D eigenvalue weighted by Crippen LogP contribution is 2.34. The van der Waals surface area contributed by atoms with Crippen LogP contribution in [0.3, 0.4) is 0 Å². The highest BCUT2D eigenvalue weighted by Gasteiger charge is 2.12. The third kappa shape index (κ3) is 1.66. The van der Waals surface area contributed by atoms with Gasteiger partial charge in [0.2, 0.25) is 0 Å². The lowest BCUT2D eigenvalue weighted by Gasteiger charge is -2.09. The van der Waals surface area contributed by atoms with Crippen LogP contribution in [-0.4, -0.2) is 4.57 Å². The fraction of sp³-hybridized carbons (Fsp3) is 0.200. The number of alkyl halides is 1. The quantitative estimate of drug-likeness (QED) is 0.433. The summed E-state index contributed by atoms with van der Waals surface area (Å²) >= 11 is 2.47. The van der Waals surface area contributed by atoms with E-state index in [9.17, 15) is 0 Å². The highest BCUT2D eigenvalue weighted by molar-refractivity contribution is 14.1. The zero-order valence-electron chi connectivity index (χ0n) is 9.94.